The van der Waals surface area contributed by atoms with Crippen molar-refractivity contribution < 1.29 is 14.3 Å². The fourth-order valence-corrected chi connectivity index (χ4v) is 4.38. The summed E-state index contributed by atoms with van der Waals surface area (Å²) in [6.07, 6.45) is 1.60. The first-order valence-electron chi connectivity index (χ1n) is 8.68. The normalized spacial score (nSPS) is 30.0. The molecule has 5 heteroatoms. The summed E-state index contributed by atoms with van der Waals surface area (Å²) in [4.78, 5) is 27.1. The number of nitrogens with one attached hydrogen (secondary N) is 1. The molecule has 3 aliphatic rings. The lowest BCUT2D eigenvalue weighted by atomic mass is 9.81. The van der Waals surface area contributed by atoms with Crippen LogP contribution in [0.25, 0.3) is 0 Å². The average molecular weight is 334 g/mol. The molecule has 0 aliphatic carbocycles. The van der Waals surface area contributed by atoms with Crippen LogP contribution in [0.5, 0.6) is 0 Å². The van der Waals surface area contributed by atoms with Gasteiger partial charge in [-0.1, -0.05) is 24.3 Å². The summed E-state index contributed by atoms with van der Waals surface area (Å²) in [6.45, 7) is 0. The Morgan fingerprint density at radius 1 is 0.840 bits per heavy atom. The molecule has 2 amide bonds. The molecule has 0 spiro atoms. The number of hydrogen-bond acceptors (Lipinski definition) is 4. The van der Waals surface area contributed by atoms with Gasteiger partial charge in [0.05, 0.1) is 29.7 Å². The number of hydrogen-bond donors (Lipinski definition) is 1. The van der Waals surface area contributed by atoms with Crippen LogP contribution in [0.4, 0.5) is 17.1 Å². The van der Waals surface area contributed by atoms with Crippen LogP contribution in [0, 0.1) is 11.8 Å². The molecule has 25 heavy (non-hydrogen) atoms. The SMILES string of the molecule is O=C1[C@@H]2[C@H](C(=O)N1c1cccc(Nc3ccccc3)c1)[C@H]1CC[C@@H]2O1. The Kier molecular flexibility index (Phi) is 3.18. The van der Waals surface area contributed by atoms with E-state index in [0.717, 1.165) is 24.2 Å². The van der Waals surface area contributed by atoms with Gasteiger partial charge in [0.25, 0.3) is 0 Å². The van der Waals surface area contributed by atoms with E-state index >= 15 is 0 Å². The zero-order chi connectivity index (χ0) is 17.0. The van der Waals surface area contributed by atoms with E-state index in [-0.39, 0.29) is 35.9 Å². The molecule has 2 aromatic carbocycles. The van der Waals surface area contributed by atoms with Crippen LogP contribution in [-0.4, -0.2) is 24.0 Å². The van der Waals surface area contributed by atoms with Crippen molar-refractivity contribution in [2.75, 3.05) is 10.2 Å². The van der Waals surface area contributed by atoms with Gasteiger partial charge in [0.15, 0.2) is 0 Å². The van der Waals surface area contributed by atoms with Gasteiger partial charge in [0.1, 0.15) is 0 Å². The van der Waals surface area contributed by atoms with Gasteiger partial charge in [-0.25, -0.2) is 4.90 Å². The molecule has 4 atom stereocenters. The third kappa shape index (κ3) is 2.19. The molecule has 2 bridgehead atoms. The minimum atomic E-state index is -0.294. The minimum absolute atomic E-state index is 0.0814. The van der Waals surface area contributed by atoms with Gasteiger partial charge in [-0.05, 0) is 43.2 Å². The molecule has 1 N–H and O–H groups in total. The van der Waals surface area contributed by atoms with Crippen molar-refractivity contribution in [3.8, 4) is 0 Å². The second-order valence-corrected chi connectivity index (χ2v) is 6.90. The lowest BCUT2D eigenvalue weighted by Gasteiger charge is -2.18. The Balaban J connectivity index is 1.45. The Morgan fingerprint density at radius 2 is 1.48 bits per heavy atom. The van der Waals surface area contributed by atoms with E-state index in [4.69, 9.17) is 4.74 Å². The zero-order valence-corrected chi connectivity index (χ0v) is 13.6. The molecule has 0 unspecified atom stereocenters. The highest BCUT2D eigenvalue weighted by Gasteiger charge is 2.62. The monoisotopic (exact) mass is 334 g/mol. The predicted octanol–water partition coefficient (Wildman–Crippen LogP) is 3.10. The highest BCUT2D eigenvalue weighted by atomic mass is 16.5. The van der Waals surface area contributed by atoms with Crippen LogP contribution in [0.1, 0.15) is 12.8 Å². The maximum Gasteiger partial charge on any atom is 0.240 e. The van der Waals surface area contributed by atoms with Crippen LogP contribution < -0.4 is 10.2 Å². The molecule has 5 nitrogen and oxygen atoms in total. The van der Waals surface area contributed by atoms with Crippen molar-refractivity contribution in [1.82, 2.24) is 0 Å². The van der Waals surface area contributed by atoms with Gasteiger partial charge in [-0.2, -0.15) is 0 Å². The van der Waals surface area contributed by atoms with Gasteiger partial charge >= 0.3 is 0 Å². The number of carbonyl (C=O) groups excluding carboxylic acids is 2. The standard InChI is InChI=1S/C20H18N2O3/c23-19-17-15-9-10-16(25-15)18(17)20(24)22(19)14-8-4-7-13(11-14)21-12-5-2-1-3-6-12/h1-8,11,15-18,21H,9-10H2/t15-,16+,17-,18+. The van der Waals surface area contributed by atoms with Gasteiger partial charge < -0.3 is 10.1 Å². The fraction of sp³-hybridized carbons (Fsp3) is 0.300. The van der Waals surface area contributed by atoms with Crippen LogP contribution in [0.2, 0.25) is 0 Å². The highest BCUT2D eigenvalue weighted by Crippen LogP contribution is 2.49. The van der Waals surface area contributed by atoms with Crippen molar-refractivity contribution in [2.45, 2.75) is 25.0 Å². The number of para-hydroxylation sites is 1. The quantitative estimate of drug-likeness (QED) is 0.876. The van der Waals surface area contributed by atoms with E-state index < -0.39 is 0 Å². The second kappa shape index (κ2) is 5.43. The third-order valence-electron chi connectivity index (χ3n) is 5.45. The largest absolute Gasteiger partial charge is 0.373 e. The molecule has 3 fully saturated rings. The summed E-state index contributed by atoms with van der Waals surface area (Å²) >= 11 is 0. The Labute approximate surface area is 145 Å². The number of carbonyl (C=O) groups is 2. The summed E-state index contributed by atoms with van der Waals surface area (Å²) in [5.74, 6) is -0.813. The van der Waals surface area contributed by atoms with Gasteiger partial charge in [-0.3, -0.25) is 9.59 Å². The maximum atomic E-state index is 12.9. The molecule has 126 valence electrons. The Bertz CT molecular complexity index is 823. The summed E-state index contributed by atoms with van der Waals surface area (Å²) in [7, 11) is 0. The number of ether oxygens (including phenoxy) is 1. The van der Waals surface area contributed by atoms with Crippen molar-refractivity contribution in [1.29, 1.82) is 0 Å². The molecule has 0 aromatic heterocycles. The van der Waals surface area contributed by atoms with Gasteiger partial charge in [0.2, 0.25) is 11.8 Å². The van der Waals surface area contributed by atoms with E-state index in [9.17, 15) is 9.59 Å². The van der Waals surface area contributed by atoms with E-state index in [1.54, 1.807) is 0 Å². The van der Waals surface area contributed by atoms with E-state index in [1.807, 2.05) is 54.6 Å². The molecule has 3 heterocycles. The maximum absolute atomic E-state index is 12.9. The minimum Gasteiger partial charge on any atom is -0.373 e. The predicted molar refractivity (Wildman–Crippen MR) is 93.5 cm³/mol. The Morgan fingerprint density at radius 3 is 2.16 bits per heavy atom. The first-order chi connectivity index (χ1) is 12.2. The summed E-state index contributed by atoms with van der Waals surface area (Å²) in [5.41, 5.74) is 2.44. The molecule has 0 radical (unpaired) electrons. The van der Waals surface area contributed by atoms with Gasteiger partial charge in [-0.15, -0.1) is 0 Å². The first-order valence-corrected chi connectivity index (χ1v) is 8.68. The molecule has 0 saturated carbocycles. The number of anilines is 3. The van der Waals surface area contributed by atoms with E-state index in [0.29, 0.717) is 5.69 Å². The van der Waals surface area contributed by atoms with Crippen molar-refractivity contribution >= 4 is 28.9 Å². The number of rotatable bonds is 3. The number of nitrogens with zero attached hydrogens (tertiary/aromatic N) is 1. The van der Waals surface area contributed by atoms with Crippen LogP contribution in [0.3, 0.4) is 0 Å². The van der Waals surface area contributed by atoms with Crippen LogP contribution >= 0.6 is 0 Å². The lowest BCUT2D eigenvalue weighted by Crippen LogP contribution is -2.34. The number of fused-ring (bicyclic) bond motifs is 5. The third-order valence-corrected chi connectivity index (χ3v) is 5.45. The van der Waals surface area contributed by atoms with Crippen molar-refractivity contribution in [2.24, 2.45) is 11.8 Å². The Hall–Kier alpha value is -2.66. The summed E-state index contributed by atoms with van der Waals surface area (Å²) in [5, 5.41) is 3.30. The smallest absolute Gasteiger partial charge is 0.240 e. The second-order valence-electron chi connectivity index (χ2n) is 6.90. The fourth-order valence-electron chi connectivity index (χ4n) is 4.38. The topological polar surface area (TPSA) is 58.6 Å². The number of benzene rings is 2. The first kappa shape index (κ1) is 14.7. The van der Waals surface area contributed by atoms with Crippen molar-refractivity contribution in [3.63, 3.8) is 0 Å². The molecule has 5 rings (SSSR count). The zero-order valence-electron chi connectivity index (χ0n) is 13.6. The van der Waals surface area contributed by atoms with Crippen LogP contribution in [0.15, 0.2) is 54.6 Å². The molecular weight excluding hydrogens is 316 g/mol. The lowest BCUT2D eigenvalue weighted by molar-refractivity contribution is -0.124. The highest BCUT2D eigenvalue weighted by molar-refractivity contribution is 6.23. The van der Waals surface area contributed by atoms with E-state index in [1.165, 1.54) is 4.90 Å². The molecule has 3 aliphatic heterocycles. The van der Waals surface area contributed by atoms with Gasteiger partial charge in [0, 0.05) is 11.4 Å². The summed E-state index contributed by atoms with van der Waals surface area (Å²) in [6, 6.07) is 17.3. The molecule has 3 saturated heterocycles. The average Bonchev–Trinajstić information content (AvgIpc) is 3.30. The summed E-state index contributed by atoms with van der Waals surface area (Å²) < 4.78 is 5.79. The number of amides is 2. The number of imide groups is 1. The molecule has 2 aromatic rings. The van der Waals surface area contributed by atoms with Crippen LogP contribution in [-0.2, 0) is 14.3 Å². The van der Waals surface area contributed by atoms with Crippen molar-refractivity contribution in [3.05, 3.63) is 54.6 Å². The molecular formula is C20H18N2O3. The van der Waals surface area contributed by atoms with E-state index in [2.05, 4.69) is 5.32 Å².